The van der Waals surface area contributed by atoms with Crippen LogP contribution in [0, 0.1) is 5.82 Å². The number of imidazole rings is 1. The lowest BCUT2D eigenvalue weighted by molar-refractivity contribution is 0.628. The lowest BCUT2D eigenvalue weighted by Crippen LogP contribution is -2.01. The number of aromatic amines is 1. The molecule has 2 aromatic carbocycles. The molecule has 8 heteroatoms. The Morgan fingerprint density at radius 1 is 1.00 bits per heavy atom. The monoisotopic (exact) mass is 458 g/mol. The van der Waals surface area contributed by atoms with Gasteiger partial charge in [-0.3, -0.25) is 0 Å². The average molecular weight is 459 g/mol. The summed E-state index contributed by atoms with van der Waals surface area (Å²) in [6.07, 6.45) is 3.69. The number of anilines is 1. The third-order valence-corrected chi connectivity index (χ3v) is 5.82. The van der Waals surface area contributed by atoms with Gasteiger partial charge in [0, 0.05) is 23.9 Å². The van der Waals surface area contributed by atoms with Gasteiger partial charge < -0.3 is 10.3 Å². The Hall–Kier alpha value is -2.54. The number of nitrogens with zero attached hydrogens (tertiary/aromatic N) is 2. The Morgan fingerprint density at radius 3 is 2.53 bits per heavy atom. The second-order valence-corrected chi connectivity index (χ2v) is 8.12. The largest absolute Gasteiger partial charge is 0.366 e. The van der Waals surface area contributed by atoms with Crippen molar-refractivity contribution in [1.29, 1.82) is 0 Å². The van der Waals surface area contributed by atoms with Crippen LogP contribution in [0.1, 0.15) is 5.56 Å². The fraction of sp³-hybridized carbons (Fsp3) is 0.0909. The highest BCUT2D eigenvalue weighted by molar-refractivity contribution is 7.98. The molecule has 0 fully saturated rings. The van der Waals surface area contributed by atoms with E-state index in [1.807, 2.05) is 30.5 Å². The van der Waals surface area contributed by atoms with Gasteiger partial charge in [0.1, 0.15) is 11.6 Å². The Labute approximate surface area is 187 Å². The Bertz CT molecular complexity index is 1180. The van der Waals surface area contributed by atoms with E-state index in [2.05, 4.69) is 20.3 Å². The van der Waals surface area contributed by atoms with Gasteiger partial charge in [-0.15, -0.1) is 0 Å². The van der Waals surface area contributed by atoms with Crippen molar-refractivity contribution in [1.82, 2.24) is 15.0 Å². The Kier molecular flexibility index (Phi) is 6.27. The molecular formula is C22H17Cl2FN4S. The summed E-state index contributed by atoms with van der Waals surface area (Å²) >= 11 is 13.6. The molecule has 0 saturated carbocycles. The van der Waals surface area contributed by atoms with Crippen LogP contribution in [0.4, 0.5) is 10.2 Å². The van der Waals surface area contributed by atoms with Crippen LogP contribution in [0.15, 0.2) is 66.0 Å². The Balaban J connectivity index is 1.62. The van der Waals surface area contributed by atoms with Gasteiger partial charge in [0.05, 0.1) is 21.4 Å². The molecule has 4 aromatic rings. The van der Waals surface area contributed by atoms with E-state index in [-0.39, 0.29) is 5.82 Å². The third kappa shape index (κ3) is 4.61. The Morgan fingerprint density at radius 2 is 1.80 bits per heavy atom. The zero-order valence-corrected chi connectivity index (χ0v) is 18.2. The molecule has 4 rings (SSSR count). The van der Waals surface area contributed by atoms with E-state index >= 15 is 0 Å². The number of nitrogens with one attached hydrogen (secondary N) is 2. The average Bonchev–Trinajstić information content (AvgIpc) is 3.20. The van der Waals surface area contributed by atoms with Crippen molar-refractivity contribution in [3.05, 3.63) is 82.2 Å². The summed E-state index contributed by atoms with van der Waals surface area (Å²) in [5.41, 5.74) is 4.38. The molecule has 2 aromatic heterocycles. The van der Waals surface area contributed by atoms with Crippen LogP contribution < -0.4 is 5.32 Å². The molecule has 0 saturated heterocycles. The first-order valence-corrected chi connectivity index (χ1v) is 11.1. The van der Waals surface area contributed by atoms with Gasteiger partial charge in [0.2, 0.25) is 0 Å². The number of halogens is 3. The van der Waals surface area contributed by atoms with Crippen molar-refractivity contribution >= 4 is 40.8 Å². The SMILES string of the molecule is CSc1nc(-c2ccc(F)cc2)c(-c2ccnc(NCc3ccc(Cl)c(Cl)c3)c2)[nH]1. The smallest absolute Gasteiger partial charge is 0.166 e. The number of benzene rings is 2. The topological polar surface area (TPSA) is 53.6 Å². The second kappa shape index (κ2) is 9.08. The zero-order chi connectivity index (χ0) is 21.1. The van der Waals surface area contributed by atoms with Crippen LogP contribution in [0.25, 0.3) is 22.5 Å². The molecule has 0 atom stereocenters. The molecule has 0 bridgehead atoms. The first kappa shape index (κ1) is 20.7. The van der Waals surface area contributed by atoms with Crippen molar-refractivity contribution in [2.45, 2.75) is 11.7 Å². The molecule has 4 nitrogen and oxygen atoms in total. The second-order valence-electron chi connectivity index (χ2n) is 6.51. The highest BCUT2D eigenvalue weighted by Crippen LogP contribution is 2.33. The minimum absolute atomic E-state index is 0.279. The number of hydrogen-bond acceptors (Lipinski definition) is 4. The molecule has 30 heavy (non-hydrogen) atoms. The molecule has 2 N–H and O–H groups in total. The van der Waals surface area contributed by atoms with Crippen molar-refractivity contribution in [2.75, 3.05) is 11.6 Å². The van der Waals surface area contributed by atoms with Crippen LogP contribution >= 0.6 is 35.0 Å². The zero-order valence-electron chi connectivity index (χ0n) is 15.9. The summed E-state index contributed by atoms with van der Waals surface area (Å²) in [7, 11) is 0. The predicted molar refractivity (Wildman–Crippen MR) is 123 cm³/mol. The van der Waals surface area contributed by atoms with E-state index in [1.54, 1.807) is 24.4 Å². The van der Waals surface area contributed by atoms with Gasteiger partial charge in [-0.2, -0.15) is 0 Å². The van der Waals surface area contributed by atoms with E-state index < -0.39 is 0 Å². The third-order valence-electron chi connectivity index (χ3n) is 4.50. The van der Waals surface area contributed by atoms with Gasteiger partial charge in [0.15, 0.2) is 5.16 Å². The molecular weight excluding hydrogens is 442 g/mol. The van der Waals surface area contributed by atoms with Crippen LogP contribution in [-0.4, -0.2) is 21.2 Å². The summed E-state index contributed by atoms with van der Waals surface area (Å²) in [5.74, 6) is 0.433. The fourth-order valence-corrected chi connectivity index (χ4v) is 3.71. The maximum atomic E-state index is 13.4. The van der Waals surface area contributed by atoms with Crippen molar-refractivity contribution in [2.24, 2.45) is 0 Å². The van der Waals surface area contributed by atoms with Crippen molar-refractivity contribution < 1.29 is 4.39 Å². The maximum Gasteiger partial charge on any atom is 0.166 e. The molecule has 0 amide bonds. The molecule has 0 spiro atoms. The summed E-state index contributed by atoms with van der Waals surface area (Å²) < 4.78 is 13.4. The molecule has 0 aliphatic carbocycles. The van der Waals surface area contributed by atoms with E-state index in [4.69, 9.17) is 23.2 Å². The predicted octanol–water partition coefficient (Wildman–Crippen LogP) is 6.92. The highest BCUT2D eigenvalue weighted by atomic mass is 35.5. The number of hydrogen-bond donors (Lipinski definition) is 2. The van der Waals surface area contributed by atoms with Gasteiger partial charge in [-0.1, -0.05) is 41.0 Å². The molecule has 0 aliphatic heterocycles. The van der Waals surface area contributed by atoms with Gasteiger partial charge in [0.25, 0.3) is 0 Å². The maximum absolute atomic E-state index is 13.4. The lowest BCUT2D eigenvalue weighted by Gasteiger charge is -2.09. The standard InChI is InChI=1S/C22H17Cl2FN4S/c1-30-22-28-20(14-3-5-16(25)6-4-14)21(29-22)15-8-9-26-19(11-15)27-12-13-2-7-17(23)18(24)10-13/h2-11H,12H2,1H3,(H,26,27)(H,28,29). The quantitative estimate of drug-likeness (QED) is 0.308. The minimum Gasteiger partial charge on any atom is -0.366 e. The summed E-state index contributed by atoms with van der Waals surface area (Å²) in [5, 5.41) is 5.13. The molecule has 0 aliphatic rings. The van der Waals surface area contributed by atoms with Crippen molar-refractivity contribution in [3.8, 4) is 22.5 Å². The molecule has 152 valence electrons. The van der Waals surface area contributed by atoms with Gasteiger partial charge in [-0.25, -0.2) is 14.4 Å². The van der Waals surface area contributed by atoms with Crippen LogP contribution in [-0.2, 0) is 6.54 Å². The number of pyridine rings is 1. The molecule has 2 heterocycles. The molecule has 0 radical (unpaired) electrons. The first-order valence-electron chi connectivity index (χ1n) is 9.07. The number of thioether (sulfide) groups is 1. The van der Waals surface area contributed by atoms with Crippen LogP contribution in [0.2, 0.25) is 10.0 Å². The van der Waals surface area contributed by atoms with E-state index in [1.165, 1.54) is 23.9 Å². The summed E-state index contributed by atoms with van der Waals surface area (Å²) in [6.45, 7) is 0.553. The van der Waals surface area contributed by atoms with Gasteiger partial charge >= 0.3 is 0 Å². The van der Waals surface area contributed by atoms with E-state index in [0.717, 1.165) is 33.2 Å². The lowest BCUT2D eigenvalue weighted by atomic mass is 10.1. The van der Waals surface area contributed by atoms with Crippen LogP contribution in [0.3, 0.4) is 0 Å². The first-order chi connectivity index (χ1) is 14.5. The van der Waals surface area contributed by atoms with Crippen LogP contribution in [0.5, 0.6) is 0 Å². The van der Waals surface area contributed by atoms with Crippen molar-refractivity contribution in [3.63, 3.8) is 0 Å². The number of rotatable bonds is 6. The highest BCUT2D eigenvalue weighted by Gasteiger charge is 2.15. The number of aromatic nitrogens is 3. The minimum atomic E-state index is -0.279. The normalized spacial score (nSPS) is 10.9. The van der Waals surface area contributed by atoms with Gasteiger partial charge in [-0.05, 0) is 60.4 Å². The molecule has 0 unspecified atom stereocenters. The summed E-state index contributed by atoms with van der Waals surface area (Å²) in [6, 6.07) is 15.7. The summed E-state index contributed by atoms with van der Waals surface area (Å²) in [4.78, 5) is 12.4. The van der Waals surface area contributed by atoms with E-state index in [9.17, 15) is 4.39 Å². The van der Waals surface area contributed by atoms with E-state index in [0.29, 0.717) is 22.4 Å². The number of H-pyrrole nitrogens is 1. The fourth-order valence-electron chi connectivity index (χ4n) is 3.00.